The molecule has 2 N–H and O–H groups in total. The molecule has 100 valence electrons. The van der Waals surface area contributed by atoms with Crippen molar-refractivity contribution in [3.63, 3.8) is 0 Å². The van der Waals surface area contributed by atoms with Crippen molar-refractivity contribution in [1.29, 1.82) is 0 Å². The predicted molar refractivity (Wildman–Crippen MR) is 79.6 cm³/mol. The lowest BCUT2D eigenvalue weighted by Gasteiger charge is -2.12. The van der Waals surface area contributed by atoms with Crippen molar-refractivity contribution < 1.29 is 4.74 Å². The van der Waals surface area contributed by atoms with Gasteiger partial charge in [0.05, 0.1) is 0 Å². The maximum absolute atomic E-state index is 5.94. The van der Waals surface area contributed by atoms with Gasteiger partial charge in [-0.1, -0.05) is 35.9 Å². The van der Waals surface area contributed by atoms with Crippen LogP contribution in [-0.2, 0) is 6.61 Å². The van der Waals surface area contributed by atoms with E-state index < -0.39 is 0 Å². The second kappa shape index (κ2) is 6.09. The first-order chi connectivity index (χ1) is 9.06. The Bertz CT molecular complexity index is 566. The van der Waals surface area contributed by atoms with Crippen LogP contribution in [-0.4, -0.2) is 0 Å². The van der Waals surface area contributed by atoms with Crippen molar-refractivity contribution in [3.8, 4) is 5.75 Å². The van der Waals surface area contributed by atoms with Gasteiger partial charge >= 0.3 is 0 Å². The van der Waals surface area contributed by atoms with E-state index in [1.807, 2.05) is 50.2 Å². The van der Waals surface area contributed by atoms with E-state index in [1.165, 1.54) is 0 Å². The topological polar surface area (TPSA) is 35.2 Å². The zero-order chi connectivity index (χ0) is 13.8. The Balaban J connectivity index is 2.07. The molecular weight excluding hydrogens is 258 g/mol. The zero-order valence-electron chi connectivity index (χ0n) is 11.2. The molecule has 0 spiro atoms. The number of ether oxygens (including phenoxy) is 1. The van der Waals surface area contributed by atoms with Crippen LogP contribution in [0.15, 0.2) is 42.5 Å². The Hall–Kier alpha value is -1.51. The van der Waals surface area contributed by atoms with E-state index in [0.717, 1.165) is 27.5 Å². The molecule has 2 rings (SSSR count). The SMILES string of the molecule is Cc1cc(C(C)N)ccc1OCc1cccc(Cl)c1. The fourth-order valence-electron chi connectivity index (χ4n) is 1.91. The van der Waals surface area contributed by atoms with Crippen molar-refractivity contribution in [2.45, 2.75) is 26.5 Å². The second-order valence-electron chi connectivity index (χ2n) is 4.73. The highest BCUT2D eigenvalue weighted by atomic mass is 35.5. The molecule has 2 nitrogen and oxygen atoms in total. The van der Waals surface area contributed by atoms with Crippen LogP contribution >= 0.6 is 11.6 Å². The van der Waals surface area contributed by atoms with Crippen molar-refractivity contribution in [2.75, 3.05) is 0 Å². The summed E-state index contributed by atoms with van der Waals surface area (Å²) >= 11 is 5.94. The number of benzene rings is 2. The molecule has 0 aromatic heterocycles. The number of hydrogen-bond acceptors (Lipinski definition) is 2. The van der Waals surface area contributed by atoms with E-state index in [9.17, 15) is 0 Å². The maximum atomic E-state index is 5.94. The molecule has 0 fully saturated rings. The first-order valence-corrected chi connectivity index (χ1v) is 6.67. The van der Waals surface area contributed by atoms with E-state index in [2.05, 4.69) is 6.07 Å². The van der Waals surface area contributed by atoms with Gasteiger partial charge in [0.25, 0.3) is 0 Å². The van der Waals surface area contributed by atoms with Gasteiger partial charge in [-0.05, 0) is 48.7 Å². The number of nitrogens with two attached hydrogens (primary N) is 1. The van der Waals surface area contributed by atoms with Gasteiger partial charge in [0, 0.05) is 11.1 Å². The first-order valence-electron chi connectivity index (χ1n) is 6.29. The van der Waals surface area contributed by atoms with Gasteiger partial charge in [-0.25, -0.2) is 0 Å². The summed E-state index contributed by atoms with van der Waals surface area (Å²) in [6.07, 6.45) is 0. The van der Waals surface area contributed by atoms with Crippen LogP contribution in [0.25, 0.3) is 0 Å². The summed E-state index contributed by atoms with van der Waals surface area (Å²) in [7, 11) is 0. The Labute approximate surface area is 119 Å². The third kappa shape index (κ3) is 3.72. The smallest absolute Gasteiger partial charge is 0.122 e. The average molecular weight is 276 g/mol. The molecule has 0 saturated carbocycles. The third-order valence-electron chi connectivity index (χ3n) is 3.01. The average Bonchev–Trinajstić information content (AvgIpc) is 2.37. The van der Waals surface area contributed by atoms with Crippen LogP contribution in [0.4, 0.5) is 0 Å². The van der Waals surface area contributed by atoms with Crippen molar-refractivity contribution >= 4 is 11.6 Å². The predicted octanol–water partition coefficient (Wildman–Crippen LogP) is 4.25. The Kier molecular flexibility index (Phi) is 4.46. The normalized spacial score (nSPS) is 12.2. The van der Waals surface area contributed by atoms with Gasteiger partial charge in [0.1, 0.15) is 12.4 Å². The van der Waals surface area contributed by atoms with E-state index >= 15 is 0 Å². The fraction of sp³-hybridized carbons (Fsp3) is 0.250. The molecule has 0 radical (unpaired) electrons. The summed E-state index contributed by atoms with van der Waals surface area (Å²) in [5.74, 6) is 0.879. The molecule has 0 saturated heterocycles. The van der Waals surface area contributed by atoms with Crippen molar-refractivity contribution in [2.24, 2.45) is 5.73 Å². The van der Waals surface area contributed by atoms with Crippen molar-refractivity contribution in [1.82, 2.24) is 0 Å². The minimum absolute atomic E-state index is 0.0423. The van der Waals surface area contributed by atoms with E-state index in [0.29, 0.717) is 6.61 Å². The lowest BCUT2D eigenvalue weighted by Crippen LogP contribution is -2.05. The first kappa shape index (κ1) is 13.9. The van der Waals surface area contributed by atoms with Gasteiger partial charge in [0.2, 0.25) is 0 Å². The molecule has 0 heterocycles. The summed E-state index contributed by atoms with van der Waals surface area (Å²) in [5, 5.41) is 0.727. The minimum Gasteiger partial charge on any atom is -0.489 e. The monoisotopic (exact) mass is 275 g/mol. The molecule has 1 unspecified atom stereocenters. The molecule has 0 bridgehead atoms. The summed E-state index contributed by atoms with van der Waals surface area (Å²) in [6, 6.07) is 13.8. The molecule has 3 heteroatoms. The Morgan fingerprint density at radius 1 is 1.21 bits per heavy atom. The molecule has 0 aliphatic rings. The molecule has 2 aromatic carbocycles. The third-order valence-corrected chi connectivity index (χ3v) is 3.24. The van der Waals surface area contributed by atoms with Gasteiger partial charge in [-0.2, -0.15) is 0 Å². The number of hydrogen-bond donors (Lipinski definition) is 1. The van der Waals surface area contributed by atoms with Gasteiger partial charge in [0.15, 0.2) is 0 Å². The lowest BCUT2D eigenvalue weighted by molar-refractivity contribution is 0.304. The van der Waals surface area contributed by atoms with Crippen LogP contribution in [0.2, 0.25) is 5.02 Å². The van der Waals surface area contributed by atoms with Gasteiger partial charge in [-0.15, -0.1) is 0 Å². The highest BCUT2D eigenvalue weighted by Gasteiger charge is 2.05. The van der Waals surface area contributed by atoms with E-state index in [-0.39, 0.29) is 6.04 Å². The molecule has 1 atom stereocenters. The molecule has 0 amide bonds. The molecule has 2 aromatic rings. The van der Waals surface area contributed by atoms with Crippen molar-refractivity contribution in [3.05, 3.63) is 64.2 Å². The summed E-state index contributed by atoms with van der Waals surface area (Å²) in [6.45, 7) is 4.51. The highest BCUT2D eigenvalue weighted by molar-refractivity contribution is 6.30. The zero-order valence-corrected chi connectivity index (χ0v) is 11.9. The number of rotatable bonds is 4. The summed E-state index contributed by atoms with van der Waals surface area (Å²) in [4.78, 5) is 0. The molecule has 0 aliphatic carbocycles. The lowest BCUT2D eigenvalue weighted by atomic mass is 10.1. The van der Waals surface area contributed by atoms with Crippen LogP contribution in [0.3, 0.4) is 0 Å². The standard InChI is InChI=1S/C16H18ClNO/c1-11-8-14(12(2)18)6-7-16(11)19-10-13-4-3-5-15(17)9-13/h3-9,12H,10,18H2,1-2H3. The van der Waals surface area contributed by atoms with Crippen LogP contribution < -0.4 is 10.5 Å². The van der Waals surface area contributed by atoms with E-state index in [1.54, 1.807) is 0 Å². The quantitative estimate of drug-likeness (QED) is 0.905. The minimum atomic E-state index is 0.0423. The second-order valence-corrected chi connectivity index (χ2v) is 5.17. The fourth-order valence-corrected chi connectivity index (χ4v) is 2.12. The molecule has 0 aliphatic heterocycles. The van der Waals surface area contributed by atoms with Gasteiger partial charge in [-0.3, -0.25) is 0 Å². The molecular formula is C16H18ClNO. The Morgan fingerprint density at radius 3 is 2.63 bits per heavy atom. The maximum Gasteiger partial charge on any atom is 0.122 e. The largest absolute Gasteiger partial charge is 0.489 e. The van der Waals surface area contributed by atoms with E-state index in [4.69, 9.17) is 22.1 Å². The number of aryl methyl sites for hydroxylation is 1. The summed E-state index contributed by atoms with van der Waals surface area (Å²) < 4.78 is 5.81. The van der Waals surface area contributed by atoms with Gasteiger partial charge < -0.3 is 10.5 Å². The van der Waals surface area contributed by atoms with Crippen LogP contribution in [0.5, 0.6) is 5.75 Å². The molecule has 19 heavy (non-hydrogen) atoms. The summed E-state index contributed by atoms with van der Waals surface area (Å²) in [5.41, 5.74) is 9.13. The highest BCUT2D eigenvalue weighted by Crippen LogP contribution is 2.23. The number of halogens is 1. The van der Waals surface area contributed by atoms with Crippen LogP contribution in [0.1, 0.15) is 29.7 Å². The Morgan fingerprint density at radius 2 is 2.00 bits per heavy atom. The van der Waals surface area contributed by atoms with Crippen LogP contribution in [0, 0.1) is 6.92 Å².